The molecule has 0 aromatic rings. The van der Waals surface area contributed by atoms with Crippen LogP contribution in [0.5, 0.6) is 0 Å². The molecule has 0 aromatic carbocycles. The van der Waals surface area contributed by atoms with E-state index in [4.69, 9.17) is 0 Å². The van der Waals surface area contributed by atoms with Crippen molar-refractivity contribution in [1.29, 1.82) is 0 Å². The van der Waals surface area contributed by atoms with Crippen LogP contribution >= 0.6 is 0 Å². The smallest absolute Gasteiger partial charge is 0.164 e. The minimum atomic E-state index is -0.374. The predicted octanol–water partition coefficient (Wildman–Crippen LogP) is 3.76. The van der Waals surface area contributed by atoms with Crippen LogP contribution in [0, 0.1) is 22.7 Å². The van der Waals surface area contributed by atoms with E-state index in [1.165, 1.54) is 11.1 Å². The monoisotopic (exact) mass is 328 g/mol. The molecule has 4 atom stereocenters. The number of Topliss-reactive ketones (excluding diaryl/α,β-unsaturated/α-hetero) is 1. The Kier molecular flexibility index (Phi) is 3.65. The Bertz CT molecular complexity index is 671. The van der Waals surface area contributed by atoms with Crippen LogP contribution < -0.4 is 0 Å². The van der Waals surface area contributed by atoms with Crippen molar-refractivity contribution in [2.45, 2.75) is 65.2 Å². The van der Waals surface area contributed by atoms with Gasteiger partial charge < -0.3 is 5.11 Å². The zero-order valence-corrected chi connectivity index (χ0v) is 14.9. The second-order valence-electron chi connectivity index (χ2n) is 8.76. The lowest BCUT2D eigenvalue weighted by Crippen LogP contribution is -2.48. The van der Waals surface area contributed by atoms with E-state index in [2.05, 4.69) is 13.8 Å². The number of fused-ring (bicyclic) bond motifs is 4. The number of allylic oxidation sites excluding steroid dienone is 4. The fraction of sp³-hybridized carbons (Fsp3) is 0.714. The van der Waals surface area contributed by atoms with Gasteiger partial charge in [-0.3, -0.25) is 9.59 Å². The number of hydrogen-bond acceptors (Lipinski definition) is 3. The molecule has 0 saturated heterocycles. The molecule has 0 spiro atoms. The first-order valence-electron chi connectivity index (χ1n) is 9.50. The van der Waals surface area contributed by atoms with Crippen molar-refractivity contribution in [3.8, 4) is 0 Å². The molecule has 0 radical (unpaired) electrons. The summed E-state index contributed by atoms with van der Waals surface area (Å²) in [6.07, 6.45) is 9.73. The number of aliphatic hydroxyl groups is 1. The molecule has 2 saturated carbocycles. The Morgan fingerprint density at radius 1 is 1.17 bits per heavy atom. The molecule has 2 unspecified atom stereocenters. The second kappa shape index (κ2) is 5.39. The molecule has 4 aliphatic carbocycles. The summed E-state index contributed by atoms with van der Waals surface area (Å²) in [5, 5.41) is 9.48. The van der Waals surface area contributed by atoms with Crippen LogP contribution in [0.1, 0.15) is 65.2 Å². The van der Waals surface area contributed by atoms with Crippen molar-refractivity contribution in [3.05, 3.63) is 22.8 Å². The number of aliphatic hydroxyl groups excluding tert-OH is 1. The number of ketones is 2. The van der Waals surface area contributed by atoms with Gasteiger partial charge >= 0.3 is 0 Å². The molecular formula is C21H28O3. The van der Waals surface area contributed by atoms with E-state index in [0.29, 0.717) is 18.3 Å². The van der Waals surface area contributed by atoms with Gasteiger partial charge in [-0.2, -0.15) is 0 Å². The topological polar surface area (TPSA) is 54.4 Å². The Morgan fingerprint density at radius 3 is 2.71 bits per heavy atom. The molecule has 0 heterocycles. The highest BCUT2D eigenvalue weighted by atomic mass is 16.3. The third-order valence-corrected chi connectivity index (χ3v) is 8.10. The van der Waals surface area contributed by atoms with E-state index in [0.717, 1.165) is 44.9 Å². The maximum Gasteiger partial charge on any atom is 0.164 e. The van der Waals surface area contributed by atoms with Gasteiger partial charge in [-0.25, -0.2) is 0 Å². The summed E-state index contributed by atoms with van der Waals surface area (Å²) in [7, 11) is 0. The summed E-state index contributed by atoms with van der Waals surface area (Å²) in [5.41, 5.74) is 4.01. The van der Waals surface area contributed by atoms with Gasteiger partial charge in [0.05, 0.1) is 0 Å². The first kappa shape index (κ1) is 16.3. The first-order chi connectivity index (χ1) is 11.4. The molecule has 2 fully saturated rings. The fourth-order valence-corrected chi connectivity index (χ4v) is 6.43. The normalized spacial score (nSPS) is 41.5. The molecule has 0 amide bonds. The van der Waals surface area contributed by atoms with Gasteiger partial charge in [-0.15, -0.1) is 0 Å². The molecular weight excluding hydrogens is 300 g/mol. The molecule has 3 heteroatoms. The van der Waals surface area contributed by atoms with Crippen LogP contribution in [0.4, 0.5) is 0 Å². The van der Waals surface area contributed by atoms with Gasteiger partial charge in [0, 0.05) is 11.8 Å². The molecule has 0 aromatic heterocycles. The van der Waals surface area contributed by atoms with Gasteiger partial charge in [0.15, 0.2) is 11.6 Å². The van der Waals surface area contributed by atoms with Crippen molar-refractivity contribution in [3.63, 3.8) is 0 Å². The molecule has 130 valence electrons. The highest BCUT2D eigenvalue weighted by molar-refractivity contribution is 5.93. The SMILES string of the molecule is C[C@]12CCC3=C4CCC(=O)C=C4CCC3C1CC[C@]2(C)C(=O)CO. The lowest BCUT2D eigenvalue weighted by molar-refractivity contribution is -0.139. The fourth-order valence-electron chi connectivity index (χ4n) is 6.43. The third kappa shape index (κ3) is 2.00. The molecule has 3 nitrogen and oxygen atoms in total. The lowest BCUT2D eigenvalue weighted by Gasteiger charge is -2.52. The minimum absolute atomic E-state index is 0.00719. The van der Waals surface area contributed by atoms with E-state index in [1.807, 2.05) is 6.08 Å². The van der Waals surface area contributed by atoms with Crippen molar-refractivity contribution < 1.29 is 14.7 Å². The third-order valence-electron chi connectivity index (χ3n) is 8.10. The minimum Gasteiger partial charge on any atom is -0.389 e. The van der Waals surface area contributed by atoms with Gasteiger partial charge in [0.25, 0.3) is 0 Å². The number of hydrogen-bond donors (Lipinski definition) is 1. The van der Waals surface area contributed by atoms with Crippen molar-refractivity contribution in [2.24, 2.45) is 22.7 Å². The molecule has 0 aliphatic heterocycles. The Balaban J connectivity index is 1.72. The predicted molar refractivity (Wildman–Crippen MR) is 92.3 cm³/mol. The first-order valence-corrected chi connectivity index (χ1v) is 9.50. The lowest BCUT2D eigenvalue weighted by atomic mass is 9.52. The summed E-state index contributed by atoms with van der Waals surface area (Å²) in [5.74, 6) is 1.45. The molecule has 4 aliphatic rings. The number of carbonyl (C=O) groups excluding carboxylic acids is 2. The van der Waals surface area contributed by atoms with Crippen molar-refractivity contribution in [2.75, 3.05) is 6.61 Å². The zero-order chi connectivity index (χ0) is 17.1. The number of carbonyl (C=O) groups is 2. The van der Waals surface area contributed by atoms with Crippen LogP contribution in [0.15, 0.2) is 22.8 Å². The average molecular weight is 328 g/mol. The molecule has 0 bridgehead atoms. The molecule has 4 rings (SSSR count). The highest BCUT2D eigenvalue weighted by Gasteiger charge is 2.61. The number of rotatable bonds is 2. The highest BCUT2D eigenvalue weighted by Crippen LogP contribution is 2.66. The summed E-state index contributed by atoms with van der Waals surface area (Å²) in [6.45, 7) is 4.07. The quantitative estimate of drug-likeness (QED) is 0.840. The Labute approximate surface area is 144 Å². The van der Waals surface area contributed by atoms with Crippen LogP contribution in [0.25, 0.3) is 0 Å². The van der Waals surface area contributed by atoms with Crippen molar-refractivity contribution in [1.82, 2.24) is 0 Å². The largest absolute Gasteiger partial charge is 0.389 e. The maximum atomic E-state index is 12.5. The molecule has 1 N–H and O–H groups in total. The van der Waals surface area contributed by atoms with Crippen molar-refractivity contribution >= 4 is 11.6 Å². The van der Waals surface area contributed by atoms with Gasteiger partial charge in [0.2, 0.25) is 0 Å². The van der Waals surface area contributed by atoms with Crippen LogP contribution in [-0.4, -0.2) is 23.3 Å². The Morgan fingerprint density at radius 2 is 1.96 bits per heavy atom. The average Bonchev–Trinajstić information content (AvgIpc) is 2.86. The van der Waals surface area contributed by atoms with Crippen LogP contribution in [0.2, 0.25) is 0 Å². The van der Waals surface area contributed by atoms with Crippen LogP contribution in [0.3, 0.4) is 0 Å². The van der Waals surface area contributed by atoms with E-state index < -0.39 is 0 Å². The van der Waals surface area contributed by atoms with E-state index in [-0.39, 0.29) is 29.0 Å². The maximum absolute atomic E-state index is 12.5. The zero-order valence-electron chi connectivity index (χ0n) is 14.9. The summed E-state index contributed by atoms with van der Waals surface area (Å²) in [4.78, 5) is 24.3. The summed E-state index contributed by atoms with van der Waals surface area (Å²) < 4.78 is 0. The van der Waals surface area contributed by atoms with E-state index >= 15 is 0 Å². The second-order valence-corrected chi connectivity index (χ2v) is 8.76. The van der Waals surface area contributed by atoms with Gasteiger partial charge in [-0.05, 0) is 79.4 Å². The molecule has 24 heavy (non-hydrogen) atoms. The summed E-state index contributed by atoms with van der Waals surface area (Å²) in [6, 6.07) is 0. The Hall–Kier alpha value is -1.22. The standard InChI is InChI=1S/C21H28O3/c1-20-9-7-16-15-6-4-14(23)11-13(15)3-5-17(16)18(20)8-10-21(20,2)19(24)12-22/h11,17-18,22H,3-10,12H2,1-2H3/t17?,18?,20-,21+/m0/s1. The van der Waals surface area contributed by atoms with E-state index in [1.54, 1.807) is 5.57 Å². The van der Waals surface area contributed by atoms with Crippen LogP contribution in [-0.2, 0) is 9.59 Å². The van der Waals surface area contributed by atoms with Gasteiger partial charge in [0.1, 0.15) is 6.61 Å². The van der Waals surface area contributed by atoms with Gasteiger partial charge in [-0.1, -0.05) is 19.4 Å². The summed E-state index contributed by atoms with van der Waals surface area (Å²) >= 11 is 0. The van der Waals surface area contributed by atoms with E-state index in [9.17, 15) is 14.7 Å².